The number of aliphatic carboxylic acids is 1. The lowest BCUT2D eigenvalue weighted by molar-refractivity contribution is -0.147. The predicted octanol–water partition coefficient (Wildman–Crippen LogP) is 2.36. The number of carbonyl (C=O) groups is 3. The predicted molar refractivity (Wildman–Crippen MR) is 81.8 cm³/mol. The van der Waals surface area contributed by atoms with Gasteiger partial charge in [-0.2, -0.15) is 0 Å². The number of furan rings is 1. The topological polar surface area (TPSA) is 96.6 Å². The van der Waals surface area contributed by atoms with E-state index in [0.29, 0.717) is 5.56 Å². The lowest BCUT2D eigenvalue weighted by Gasteiger charge is -2.26. The highest BCUT2D eigenvalue weighted by atomic mass is 16.4. The zero-order valence-corrected chi connectivity index (χ0v) is 12.6. The van der Waals surface area contributed by atoms with Crippen LogP contribution < -0.4 is 5.32 Å². The average molecular weight is 315 g/mol. The fraction of sp³-hybridized carbons (Fsp3) is 0.235. The fourth-order valence-electron chi connectivity index (χ4n) is 2.15. The molecule has 1 atom stereocenters. The van der Waals surface area contributed by atoms with E-state index in [1.165, 1.54) is 19.3 Å². The minimum atomic E-state index is -1.55. The summed E-state index contributed by atoms with van der Waals surface area (Å²) in [6.07, 6.45) is 1.21. The summed E-state index contributed by atoms with van der Waals surface area (Å²) in [7, 11) is 0. The molecular formula is C17H17NO5. The Bertz CT molecular complexity index is 693. The lowest BCUT2D eigenvalue weighted by atomic mass is 9.92. The number of Topliss-reactive ketones (excluding diaryl/α,β-unsaturated/α-hetero) is 1. The second-order valence-electron chi connectivity index (χ2n) is 5.24. The van der Waals surface area contributed by atoms with Gasteiger partial charge in [0.1, 0.15) is 0 Å². The van der Waals surface area contributed by atoms with Gasteiger partial charge in [0.05, 0.1) is 6.26 Å². The van der Waals surface area contributed by atoms with Crippen molar-refractivity contribution in [1.29, 1.82) is 0 Å². The maximum Gasteiger partial charge on any atom is 0.333 e. The molecule has 0 aliphatic carbocycles. The first-order valence-corrected chi connectivity index (χ1v) is 7.10. The normalized spacial score (nSPS) is 13.1. The van der Waals surface area contributed by atoms with Gasteiger partial charge in [0.15, 0.2) is 17.1 Å². The zero-order valence-electron chi connectivity index (χ0n) is 12.6. The third-order valence-corrected chi connectivity index (χ3v) is 3.54. The van der Waals surface area contributed by atoms with Crippen molar-refractivity contribution in [2.24, 2.45) is 0 Å². The van der Waals surface area contributed by atoms with E-state index >= 15 is 0 Å². The third-order valence-electron chi connectivity index (χ3n) is 3.54. The molecule has 0 saturated carbocycles. The molecule has 1 amide bonds. The molecule has 2 rings (SSSR count). The average Bonchev–Trinajstić information content (AvgIpc) is 3.07. The van der Waals surface area contributed by atoms with Crippen LogP contribution in [0.1, 0.15) is 35.9 Å². The SMILES string of the molecule is C[C@](NC(=O)CCC(=O)c1ccco1)(C(=O)O)c1ccccc1. The second kappa shape index (κ2) is 6.91. The third kappa shape index (κ3) is 3.85. The van der Waals surface area contributed by atoms with Gasteiger partial charge in [0.25, 0.3) is 0 Å². The molecule has 6 heteroatoms. The molecule has 23 heavy (non-hydrogen) atoms. The second-order valence-corrected chi connectivity index (χ2v) is 5.24. The standard InChI is InChI=1S/C17H17NO5/c1-17(16(21)22,12-6-3-2-4-7-12)18-15(20)10-9-13(19)14-8-5-11-23-14/h2-8,11H,9-10H2,1H3,(H,18,20)(H,21,22)/t17-/m1/s1. The molecule has 0 fully saturated rings. The highest BCUT2D eigenvalue weighted by Gasteiger charge is 2.36. The lowest BCUT2D eigenvalue weighted by Crippen LogP contribution is -2.49. The fourth-order valence-corrected chi connectivity index (χ4v) is 2.15. The van der Waals surface area contributed by atoms with Gasteiger partial charge in [-0.3, -0.25) is 9.59 Å². The van der Waals surface area contributed by atoms with Gasteiger partial charge < -0.3 is 14.8 Å². The molecule has 0 spiro atoms. The maximum absolute atomic E-state index is 12.1. The first-order valence-electron chi connectivity index (χ1n) is 7.10. The minimum absolute atomic E-state index is 0.0518. The van der Waals surface area contributed by atoms with E-state index in [-0.39, 0.29) is 24.4 Å². The van der Waals surface area contributed by atoms with Gasteiger partial charge in [-0.25, -0.2) is 4.79 Å². The Kier molecular flexibility index (Phi) is 4.95. The summed E-state index contributed by atoms with van der Waals surface area (Å²) in [6, 6.07) is 11.5. The van der Waals surface area contributed by atoms with E-state index in [1.54, 1.807) is 36.4 Å². The van der Waals surface area contributed by atoms with Gasteiger partial charge in [-0.05, 0) is 24.6 Å². The number of carboxylic acids is 1. The van der Waals surface area contributed by atoms with Crippen molar-refractivity contribution >= 4 is 17.7 Å². The first-order chi connectivity index (χ1) is 10.9. The van der Waals surface area contributed by atoms with Crippen LogP contribution in [0.25, 0.3) is 0 Å². The van der Waals surface area contributed by atoms with Gasteiger partial charge in [-0.15, -0.1) is 0 Å². The van der Waals surface area contributed by atoms with Crippen molar-refractivity contribution in [3.63, 3.8) is 0 Å². The van der Waals surface area contributed by atoms with E-state index in [4.69, 9.17) is 4.42 Å². The molecule has 0 saturated heterocycles. The van der Waals surface area contributed by atoms with Crippen LogP contribution in [0, 0.1) is 0 Å². The number of benzene rings is 1. The van der Waals surface area contributed by atoms with Crippen molar-refractivity contribution in [2.45, 2.75) is 25.3 Å². The van der Waals surface area contributed by atoms with E-state index in [0.717, 1.165) is 0 Å². The number of carbonyl (C=O) groups excluding carboxylic acids is 2. The molecule has 0 unspecified atom stereocenters. The monoisotopic (exact) mass is 315 g/mol. The van der Waals surface area contributed by atoms with Gasteiger partial charge in [0, 0.05) is 12.8 Å². The molecule has 0 aliphatic heterocycles. The van der Waals surface area contributed by atoms with Crippen LogP contribution in [0.2, 0.25) is 0 Å². The molecule has 0 aliphatic rings. The number of hydrogen-bond donors (Lipinski definition) is 2. The minimum Gasteiger partial charge on any atom is -0.479 e. The van der Waals surface area contributed by atoms with Crippen LogP contribution in [0.4, 0.5) is 0 Å². The number of carboxylic acid groups (broad SMARTS) is 1. The Morgan fingerprint density at radius 2 is 1.78 bits per heavy atom. The van der Waals surface area contributed by atoms with Crippen LogP contribution in [-0.2, 0) is 15.1 Å². The van der Waals surface area contributed by atoms with Crippen molar-refractivity contribution < 1.29 is 23.9 Å². The maximum atomic E-state index is 12.1. The largest absolute Gasteiger partial charge is 0.479 e. The van der Waals surface area contributed by atoms with Crippen molar-refractivity contribution in [2.75, 3.05) is 0 Å². The molecule has 2 N–H and O–H groups in total. The van der Waals surface area contributed by atoms with E-state index in [9.17, 15) is 19.5 Å². The molecule has 6 nitrogen and oxygen atoms in total. The summed E-state index contributed by atoms with van der Waals surface area (Å²) < 4.78 is 4.96. The van der Waals surface area contributed by atoms with Crippen molar-refractivity contribution in [1.82, 2.24) is 5.32 Å². The Hall–Kier alpha value is -2.89. The molecule has 0 radical (unpaired) electrons. The summed E-state index contributed by atoms with van der Waals surface area (Å²) in [4.78, 5) is 35.4. The summed E-state index contributed by atoms with van der Waals surface area (Å²) in [5.74, 6) is -1.81. The molecule has 1 aromatic carbocycles. The van der Waals surface area contributed by atoms with Gasteiger partial charge in [0.2, 0.25) is 5.91 Å². The number of nitrogens with one attached hydrogen (secondary N) is 1. The Balaban J connectivity index is 2.02. The smallest absolute Gasteiger partial charge is 0.333 e. The molecule has 1 aromatic heterocycles. The van der Waals surface area contributed by atoms with E-state index in [2.05, 4.69) is 5.32 Å². The zero-order chi connectivity index (χ0) is 16.9. The number of rotatable bonds is 7. The Morgan fingerprint density at radius 1 is 1.09 bits per heavy atom. The van der Waals surface area contributed by atoms with Crippen molar-refractivity contribution in [3.8, 4) is 0 Å². The quantitative estimate of drug-likeness (QED) is 0.765. The summed E-state index contributed by atoms with van der Waals surface area (Å²) in [5.41, 5.74) is -1.09. The molecular weight excluding hydrogens is 298 g/mol. The molecule has 1 heterocycles. The van der Waals surface area contributed by atoms with E-state index in [1.807, 2.05) is 0 Å². The Morgan fingerprint density at radius 3 is 2.35 bits per heavy atom. The van der Waals surface area contributed by atoms with Crippen molar-refractivity contribution in [3.05, 3.63) is 60.1 Å². The molecule has 0 bridgehead atoms. The highest BCUT2D eigenvalue weighted by Crippen LogP contribution is 2.21. The van der Waals surface area contributed by atoms with Gasteiger partial charge >= 0.3 is 5.97 Å². The van der Waals surface area contributed by atoms with Crippen LogP contribution >= 0.6 is 0 Å². The van der Waals surface area contributed by atoms with Crippen LogP contribution in [0.5, 0.6) is 0 Å². The van der Waals surface area contributed by atoms with Crippen LogP contribution in [0.15, 0.2) is 53.1 Å². The molecule has 120 valence electrons. The summed E-state index contributed by atoms with van der Waals surface area (Å²) in [5, 5.41) is 12.0. The van der Waals surface area contributed by atoms with Gasteiger partial charge in [-0.1, -0.05) is 30.3 Å². The number of amides is 1. The van der Waals surface area contributed by atoms with Crippen LogP contribution in [-0.4, -0.2) is 22.8 Å². The Labute approximate surface area is 133 Å². The number of hydrogen-bond acceptors (Lipinski definition) is 4. The first kappa shape index (κ1) is 16.5. The highest BCUT2D eigenvalue weighted by molar-refractivity contribution is 5.96. The number of ketones is 1. The summed E-state index contributed by atoms with van der Waals surface area (Å²) in [6.45, 7) is 1.41. The molecule has 2 aromatic rings. The van der Waals surface area contributed by atoms with E-state index < -0.39 is 17.4 Å². The summed E-state index contributed by atoms with van der Waals surface area (Å²) >= 11 is 0. The van der Waals surface area contributed by atoms with Crippen LogP contribution in [0.3, 0.4) is 0 Å².